The van der Waals surface area contributed by atoms with Gasteiger partial charge in [-0.1, -0.05) is 11.3 Å². The Morgan fingerprint density at radius 2 is 1.91 bits per heavy atom. The number of aryl methyl sites for hydroxylation is 1. The topological polar surface area (TPSA) is 90.6 Å². The first-order valence-corrected chi connectivity index (χ1v) is 6.72. The zero-order valence-corrected chi connectivity index (χ0v) is 12.7. The van der Waals surface area contributed by atoms with Crippen LogP contribution in [0.4, 0.5) is 24.4 Å². The van der Waals surface area contributed by atoms with E-state index < -0.39 is 29.2 Å². The SMILES string of the molecule is COc1c(F)cc(N(C(N)=O)c2nnc(C)s2)c(OC)c1F. The van der Waals surface area contributed by atoms with Crippen molar-refractivity contribution in [3.8, 4) is 11.5 Å². The second-order valence-corrected chi connectivity index (χ2v) is 5.20. The van der Waals surface area contributed by atoms with E-state index in [1.165, 1.54) is 7.11 Å². The Bertz CT molecular complexity index is 723. The number of halogens is 2. The number of carbonyl (C=O) groups is 1. The van der Waals surface area contributed by atoms with Crippen molar-refractivity contribution in [2.45, 2.75) is 6.92 Å². The first-order chi connectivity index (χ1) is 10.4. The van der Waals surface area contributed by atoms with E-state index in [1.807, 2.05) is 0 Å². The Hall–Kier alpha value is -2.49. The molecule has 1 aromatic heterocycles. The summed E-state index contributed by atoms with van der Waals surface area (Å²) in [6, 6.07) is -0.110. The Morgan fingerprint density at radius 3 is 2.36 bits per heavy atom. The van der Waals surface area contributed by atoms with Crippen LogP contribution in [-0.2, 0) is 0 Å². The number of rotatable bonds is 4. The minimum absolute atomic E-state index is 0.0623. The first-order valence-electron chi connectivity index (χ1n) is 5.90. The third-order valence-corrected chi connectivity index (χ3v) is 3.51. The fourth-order valence-corrected chi connectivity index (χ4v) is 2.52. The summed E-state index contributed by atoms with van der Waals surface area (Å²) in [4.78, 5) is 12.5. The Morgan fingerprint density at radius 1 is 1.27 bits per heavy atom. The van der Waals surface area contributed by atoms with Crippen LogP contribution in [0.2, 0.25) is 0 Å². The second-order valence-electron chi connectivity index (χ2n) is 4.04. The molecule has 0 saturated heterocycles. The summed E-state index contributed by atoms with van der Waals surface area (Å²) in [5.41, 5.74) is 5.06. The first kappa shape index (κ1) is 15.9. The number of benzene rings is 1. The van der Waals surface area contributed by atoms with Gasteiger partial charge in [0.25, 0.3) is 0 Å². The van der Waals surface area contributed by atoms with E-state index in [1.54, 1.807) is 6.92 Å². The zero-order chi connectivity index (χ0) is 16.4. The maximum atomic E-state index is 14.2. The molecule has 0 aliphatic heterocycles. The van der Waals surface area contributed by atoms with E-state index >= 15 is 0 Å². The summed E-state index contributed by atoms with van der Waals surface area (Å²) in [6.45, 7) is 1.66. The number of carbonyl (C=O) groups excluding carboxylic acids is 1. The lowest BCUT2D eigenvalue weighted by atomic mass is 10.2. The molecule has 118 valence electrons. The second kappa shape index (κ2) is 6.10. The number of methoxy groups -OCH3 is 2. The molecule has 2 amide bonds. The molecule has 0 bridgehead atoms. The maximum absolute atomic E-state index is 14.2. The molecule has 7 nitrogen and oxygen atoms in total. The summed E-state index contributed by atoms with van der Waals surface area (Å²) in [5.74, 6) is -3.13. The number of hydrogen-bond acceptors (Lipinski definition) is 6. The van der Waals surface area contributed by atoms with Gasteiger partial charge >= 0.3 is 6.03 Å². The number of primary amides is 1. The molecule has 0 fully saturated rings. The molecule has 0 aliphatic rings. The van der Waals surface area contributed by atoms with Crippen LogP contribution >= 0.6 is 11.3 Å². The highest BCUT2D eigenvalue weighted by atomic mass is 32.1. The predicted octanol–water partition coefficient (Wildman–Crippen LogP) is 2.36. The summed E-state index contributed by atoms with van der Waals surface area (Å²) in [5, 5.41) is 8.11. The van der Waals surface area contributed by atoms with E-state index in [-0.39, 0.29) is 10.8 Å². The minimum Gasteiger partial charge on any atom is -0.491 e. The molecule has 22 heavy (non-hydrogen) atoms. The number of amides is 2. The predicted molar refractivity (Wildman–Crippen MR) is 75.8 cm³/mol. The van der Waals surface area contributed by atoms with Gasteiger partial charge in [-0.05, 0) is 6.92 Å². The molecule has 0 spiro atoms. The van der Waals surface area contributed by atoms with E-state index in [0.29, 0.717) is 5.01 Å². The van der Waals surface area contributed by atoms with Crippen molar-refractivity contribution in [1.82, 2.24) is 10.2 Å². The van der Waals surface area contributed by atoms with Crippen molar-refractivity contribution in [3.05, 3.63) is 22.7 Å². The molecule has 0 atom stereocenters. The minimum atomic E-state index is -1.09. The van der Waals surface area contributed by atoms with Crippen LogP contribution in [0.5, 0.6) is 11.5 Å². The third kappa shape index (κ3) is 2.64. The van der Waals surface area contributed by atoms with Crippen LogP contribution in [0.3, 0.4) is 0 Å². The van der Waals surface area contributed by atoms with Gasteiger partial charge < -0.3 is 15.2 Å². The molecule has 1 aromatic carbocycles. The molecule has 0 saturated carbocycles. The van der Waals surface area contributed by atoms with Crippen molar-refractivity contribution in [2.75, 3.05) is 19.1 Å². The number of anilines is 2. The molecule has 2 N–H and O–H groups in total. The largest absolute Gasteiger partial charge is 0.491 e. The lowest BCUT2D eigenvalue weighted by molar-refractivity contribution is 0.255. The van der Waals surface area contributed by atoms with Crippen LogP contribution in [0.1, 0.15) is 5.01 Å². The number of ether oxygens (including phenoxy) is 2. The van der Waals surface area contributed by atoms with Gasteiger partial charge in [0.15, 0.2) is 17.3 Å². The number of urea groups is 1. The molecule has 0 aliphatic carbocycles. The molecule has 1 heterocycles. The van der Waals surface area contributed by atoms with Crippen molar-refractivity contribution in [3.63, 3.8) is 0 Å². The van der Waals surface area contributed by atoms with Crippen molar-refractivity contribution < 1.29 is 23.0 Å². The average Bonchev–Trinajstić information content (AvgIpc) is 2.85. The van der Waals surface area contributed by atoms with Gasteiger partial charge in [-0.15, -0.1) is 10.2 Å². The maximum Gasteiger partial charge on any atom is 0.325 e. The van der Waals surface area contributed by atoms with Gasteiger partial charge in [-0.3, -0.25) is 0 Å². The molecule has 0 unspecified atom stereocenters. The summed E-state index contributed by atoms with van der Waals surface area (Å²) >= 11 is 1.03. The quantitative estimate of drug-likeness (QED) is 0.929. The average molecular weight is 330 g/mol. The van der Waals surface area contributed by atoms with Crippen LogP contribution < -0.4 is 20.1 Å². The highest BCUT2D eigenvalue weighted by molar-refractivity contribution is 7.15. The van der Waals surface area contributed by atoms with Gasteiger partial charge in [-0.2, -0.15) is 4.39 Å². The Balaban J connectivity index is 2.69. The monoisotopic (exact) mass is 330 g/mol. The molecule has 2 rings (SSSR count). The van der Waals surface area contributed by atoms with Crippen molar-refractivity contribution in [2.24, 2.45) is 5.73 Å². The van der Waals surface area contributed by atoms with Crippen LogP contribution in [0.25, 0.3) is 0 Å². The third-order valence-electron chi connectivity index (χ3n) is 2.69. The van der Waals surface area contributed by atoms with E-state index in [0.717, 1.165) is 29.4 Å². The van der Waals surface area contributed by atoms with Gasteiger partial charge in [0.1, 0.15) is 10.7 Å². The highest BCUT2D eigenvalue weighted by Crippen LogP contribution is 2.41. The molecule has 0 radical (unpaired) electrons. The highest BCUT2D eigenvalue weighted by Gasteiger charge is 2.28. The van der Waals surface area contributed by atoms with E-state index in [9.17, 15) is 13.6 Å². The number of aromatic nitrogens is 2. The van der Waals surface area contributed by atoms with Crippen LogP contribution in [0.15, 0.2) is 6.07 Å². The van der Waals surface area contributed by atoms with E-state index in [4.69, 9.17) is 10.5 Å². The number of hydrogen-bond donors (Lipinski definition) is 1. The van der Waals surface area contributed by atoms with Crippen LogP contribution in [-0.4, -0.2) is 30.4 Å². The number of nitrogens with zero attached hydrogens (tertiary/aromatic N) is 3. The van der Waals surface area contributed by atoms with Crippen molar-refractivity contribution >= 4 is 28.2 Å². The van der Waals surface area contributed by atoms with Gasteiger partial charge in [0.2, 0.25) is 10.9 Å². The lowest BCUT2D eigenvalue weighted by Crippen LogP contribution is -2.32. The normalized spacial score (nSPS) is 10.4. The van der Waals surface area contributed by atoms with Crippen molar-refractivity contribution in [1.29, 1.82) is 0 Å². The fraction of sp³-hybridized carbons (Fsp3) is 0.250. The lowest BCUT2D eigenvalue weighted by Gasteiger charge is -2.21. The molecular weight excluding hydrogens is 318 g/mol. The molecule has 2 aromatic rings. The van der Waals surface area contributed by atoms with Gasteiger partial charge in [0, 0.05) is 6.07 Å². The standard InChI is InChI=1S/C12H12F2N4O3S/c1-5-16-17-12(22-5)18(11(15)19)7-4-6(13)9(20-2)8(14)10(7)21-3/h4H,1-3H3,(H2,15,19). The number of nitrogens with two attached hydrogens (primary N) is 1. The summed E-state index contributed by atoms with van der Waals surface area (Å²) < 4.78 is 37.7. The Labute approximate surface area is 128 Å². The Kier molecular flexibility index (Phi) is 4.40. The molecule has 10 heteroatoms. The fourth-order valence-electron chi connectivity index (χ4n) is 1.81. The van der Waals surface area contributed by atoms with Crippen LogP contribution in [0, 0.1) is 18.6 Å². The zero-order valence-electron chi connectivity index (χ0n) is 11.9. The summed E-state index contributed by atoms with van der Waals surface area (Å²) in [6.07, 6.45) is 0. The van der Waals surface area contributed by atoms with E-state index in [2.05, 4.69) is 14.9 Å². The van der Waals surface area contributed by atoms with Gasteiger partial charge in [-0.25, -0.2) is 14.1 Å². The van der Waals surface area contributed by atoms with Gasteiger partial charge in [0.05, 0.1) is 14.2 Å². The summed E-state index contributed by atoms with van der Waals surface area (Å²) in [7, 11) is 2.28. The molecular formula is C12H12F2N4O3S. The smallest absolute Gasteiger partial charge is 0.325 e.